The Balaban J connectivity index is 0.00000113. The zero-order valence-electron chi connectivity index (χ0n) is 13.8. The van der Waals surface area contributed by atoms with Gasteiger partial charge in [-0.15, -0.1) is 0 Å². The van der Waals surface area contributed by atoms with E-state index >= 15 is 0 Å². The molecule has 4 aromatic carbocycles. The molecule has 4 rings (SSSR count). The second kappa shape index (κ2) is 6.07. The van der Waals surface area contributed by atoms with Crippen LogP contribution in [0.4, 0.5) is 0 Å². The Morgan fingerprint density at radius 2 is 1.29 bits per heavy atom. The fourth-order valence-corrected chi connectivity index (χ4v) is 4.34. The molecule has 0 saturated carbocycles. The van der Waals surface area contributed by atoms with Gasteiger partial charge in [-0.05, 0) is 33.0 Å². The molecule has 116 valence electrons. The fourth-order valence-electron chi connectivity index (χ4n) is 3.11. The van der Waals surface area contributed by atoms with E-state index in [0.717, 1.165) is 26.9 Å². The molecule has 1 N–H and O–H groups in total. The quantitative estimate of drug-likeness (QED) is 0.325. The largest absolute Gasteiger partial charge is 1.00 e. The molecule has 0 amide bonds. The van der Waals surface area contributed by atoms with E-state index in [0.29, 0.717) is 5.39 Å². The van der Waals surface area contributed by atoms with Crippen molar-refractivity contribution in [2.24, 2.45) is 0 Å². The summed E-state index contributed by atoms with van der Waals surface area (Å²) in [7, 11) is -4.40. The zero-order chi connectivity index (χ0) is 16.2. The number of fused-ring (bicyclic) bond motifs is 5. The summed E-state index contributed by atoms with van der Waals surface area (Å²) in [5, 5.41) is 5.33. The Hall–Kier alpha value is -1.54. The standard InChI is InChI=1S/C18H11ClO3S.Li.H/c19-17-10-9-15-14-6-5-11-3-1-2-4-12(11)13(14)7-8-16(15)18(17)23(20,21)22;;/h1-10H,(H,20,21,22);;/q;+1;-1. The number of hydrogen-bond donors (Lipinski definition) is 1. The molecule has 0 spiro atoms. The second-order valence-electron chi connectivity index (χ2n) is 5.39. The third kappa shape index (κ3) is 2.61. The number of hydrogen-bond acceptors (Lipinski definition) is 2. The van der Waals surface area contributed by atoms with Crippen LogP contribution >= 0.6 is 11.6 Å². The molecular weight excluding hydrogens is 339 g/mol. The minimum absolute atomic E-state index is 0. The molecule has 24 heavy (non-hydrogen) atoms. The van der Waals surface area contributed by atoms with Gasteiger partial charge in [0.1, 0.15) is 4.90 Å². The third-order valence-corrected chi connectivity index (χ3v) is 5.47. The van der Waals surface area contributed by atoms with Crippen molar-refractivity contribution in [3.8, 4) is 0 Å². The fraction of sp³-hybridized carbons (Fsp3) is 0. The van der Waals surface area contributed by atoms with E-state index in [-0.39, 0.29) is 30.2 Å². The monoisotopic (exact) mass is 350 g/mol. The summed E-state index contributed by atoms with van der Waals surface area (Å²) in [6, 6.07) is 18.8. The van der Waals surface area contributed by atoms with E-state index < -0.39 is 10.1 Å². The molecule has 0 unspecified atom stereocenters. The van der Waals surface area contributed by atoms with Crippen molar-refractivity contribution in [3.05, 3.63) is 65.7 Å². The zero-order valence-corrected chi connectivity index (χ0v) is 14.4. The molecule has 0 radical (unpaired) electrons. The van der Waals surface area contributed by atoms with Gasteiger partial charge >= 0.3 is 18.9 Å². The van der Waals surface area contributed by atoms with Gasteiger partial charge in [0.15, 0.2) is 0 Å². The van der Waals surface area contributed by atoms with Crippen LogP contribution in [-0.4, -0.2) is 13.0 Å². The van der Waals surface area contributed by atoms with Gasteiger partial charge in [0.25, 0.3) is 10.1 Å². The normalized spacial score (nSPS) is 11.8. The van der Waals surface area contributed by atoms with Crippen LogP contribution in [0.2, 0.25) is 5.02 Å². The summed E-state index contributed by atoms with van der Waals surface area (Å²) >= 11 is 5.99. The first-order valence-corrected chi connectivity index (χ1v) is 8.79. The van der Waals surface area contributed by atoms with Crippen LogP contribution in [0.5, 0.6) is 0 Å². The van der Waals surface area contributed by atoms with Crippen molar-refractivity contribution < 1.29 is 33.3 Å². The summed E-state index contributed by atoms with van der Waals surface area (Å²) < 4.78 is 32.9. The van der Waals surface area contributed by atoms with E-state index in [4.69, 9.17) is 11.6 Å². The average molecular weight is 351 g/mol. The second-order valence-corrected chi connectivity index (χ2v) is 7.16. The van der Waals surface area contributed by atoms with E-state index in [2.05, 4.69) is 0 Å². The van der Waals surface area contributed by atoms with Crippen LogP contribution in [0, 0.1) is 0 Å². The van der Waals surface area contributed by atoms with Crippen molar-refractivity contribution in [2.45, 2.75) is 4.90 Å². The number of benzene rings is 4. The summed E-state index contributed by atoms with van der Waals surface area (Å²) in [6.07, 6.45) is 0. The van der Waals surface area contributed by atoms with Gasteiger partial charge in [-0.3, -0.25) is 4.55 Å². The topological polar surface area (TPSA) is 54.4 Å². The minimum atomic E-state index is -4.40. The molecule has 0 fully saturated rings. The predicted octanol–water partition coefficient (Wildman–Crippen LogP) is 2.16. The molecule has 4 aromatic rings. The first kappa shape index (κ1) is 17.3. The maximum atomic E-state index is 11.7. The van der Waals surface area contributed by atoms with Crippen LogP contribution in [0.3, 0.4) is 0 Å². The van der Waals surface area contributed by atoms with Crippen LogP contribution < -0.4 is 18.9 Å². The molecule has 6 heteroatoms. The summed E-state index contributed by atoms with van der Waals surface area (Å²) in [4.78, 5) is -0.244. The third-order valence-electron chi connectivity index (χ3n) is 4.08. The molecule has 3 nitrogen and oxygen atoms in total. The first-order valence-electron chi connectivity index (χ1n) is 6.97. The number of halogens is 1. The van der Waals surface area contributed by atoms with E-state index in [1.165, 1.54) is 6.07 Å². The van der Waals surface area contributed by atoms with Crippen molar-refractivity contribution in [1.82, 2.24) is 0 Å². The van der Waals surface area contributed by atoms with Crippen molar-refractivity contribution in [2.75, 3.05) is 0 Å². The van der Waals surface area contributed by atoms with E-state index in [9.17, 15) is 13.0 Å². The van der Waals surface area contributed by atoms with Crippen LogP contribution in [-0.2, 0) is 10.1 Å². The van der Waals surface area contributed by atoms with Crippen LogP contribution in [0.15, 0.2) is 65.6 Å². The Kier molecular flexibility index (Phi) is 4.37. The van der Waals surface area contributed by atoms with Crippen molar-refractivity contribution in [1.29, 1.82) is 0 Å². The maximum absolute atomic E-state index is 11.7. The average Bonchev–Trinajstić information content (AvgIpc) is 2.52. The smallest absolute Gasteiger partial charge is 1.00 e. The SMILES string of the molecule is O=S(=O)(O)c1c(Cl)ccc2c1ccc1c3ccccc3ccc21.[H-].[Li+]. The summed E-state index contributed by atoms with van der Waals surface area (Å²) in [5.41, 5.74) is 0. The van der Waals surface area contributed by atoms with Crippen molar-refractivity contribution >= 4 is 54.0 Å². The van der Waals surface area contributed by atoms with Gasteiger partial charge in [0.05, 0.1) is 5.02 Å². The van der Waals surface area contributed by atoms with Gasteiger partial charge in [-0.2, -0.15) is 8.42 Å². The minimum Gasteiger partial charge on any atom is -1.00 e. The molecule has 0 aliphatic carbocycles. The molecule has 0 bridgehead atoms. The van der Waals surface area contributed by atoms with Crippen molar-refractivity contribution in [3.63, 3.8) is 0 Å². The molecule has 0 aromatic heterocycles. The van der Waals surface area contributed by atoms with E-state index in [1.807, 2.05) is 42.5 Å². The van der Waals surface area contributed by atoms with Gasteiger partial charge in [-0.1, -0.05) is 66.2 Å². The first-order chi connectivity index (χ1) is 11.0. The van der Waals surface area contributed by atoms with Gasteiger partial charge in [-0.25, -0.2) is 0 Å². The molecular formula is C18H12ClLiO3S. The Bertz CT molecular complexity index is 1210. The molecule has 0 aliphatic heterocycles. The molecule has 0 saturated heterocycles. The number of rotatable bonds is 1. The Morgan fingerprint density at radius 1 is 0.750 bits per heavy atom. The molecule has 0 atom stereocenters. The van der Waals surface area contributed by atoms with E-state index in [1.54, 1.807) is 12.1 Å². The van der Waals surface area contributed by atoms with Gasteiger partial charge in [0, 0.05) is 5.39 Å². The van der Waals surface area contributed by atoms with Gasteiger partial charge < -0.3 is 1.43 Å². The Labute approximate surface area is 157 Å². The maximum Gasteiger partial charge on any atom is 1.00 e. The summed E-state index contributed by atoms with van der Waals surface area (Å²) in [5.74, 6) is 0. The van der Waals surface area contributed by atoms with Gasteiger partial charge in [0.2, 0.25) is 0 Å². The van der Waals surface area contributed by atoms with Crippen LogP contribution in [0.1, 0.15) is 1.43 Å². The Morgan fingerprint density at radius 3 is 2.04 bits per heavy atom. The molecule has 0 heterocycles. The molecule has 0 aliphatic rings. The predicted molar refractivity (Wildman–Crippen MR) is 94.9 cm³/mol. The summed E-state index contributed by atoms with van der Waals surface area (Å²) in [6.45, 7) is 0. The van der Waals surface area contributed by atoms with Crippen LogP contribution in [0.25, 0.3) is 32.3 Å².